The first-order valence-corrected chi connectivity index (χ1v) is 4.89. The van der Waals surface area contributed by atoms with Gasteiger partial charge in [0.15, 0.2) is 0 Å². The Bertz CT molecular complexity index is 312. The third kappa shape index (κ3) is 4.32. The first kappa shape index (κ1) is 14.5. The van der Waals surface area contributed by atoms with Crippen LogP contribution in [0.4, 0.5) is 0 Å². The van der Waals surface area contributed by atoms with Crippen LogP contribution in [0, 0.1) is 17.8 Å². The highest BCUT2D eigenvalue weighted by Crippen LogP contribution is 2.18. The summed E-state index contributed by atoms with van der Waals surface area (Å²) >= 11 is 0. The summed E-state index contributed by atoms with van der Waals surface area (Å²) in [5.41, 5.74) is 5.32. The number of hydrogen-bond acceptors (Lipinski definition) is 3. The standard InChI is InChI=1S/C11H18N2O3/c1-5-6-13(7-8(14)15)10(16)9(12)11(2,3)4/h1,9H,6-7,12H2,2-4H3,(H,14,15). The number of aliphatic carboxylic acids is 1. The van der Waals surface area contributed by atoms with E-state index in [1.807, 2.05) is 20.8 Å². The van der Waals surface area contributed by atoms with Crippen molar-refractivity contribution >= 4 is 11.9 Å². The van der Waals surface area contributed by atoms with E-state index in [4.69, 9.17) is 17.3 Å². The smallest absolute Gasteiger partial charge is 0.323 e. The monoisotopic (exact) mass is 226 g/mol. The molecule has 0 saturated carbocycles. The SMILES string of the molecule is C#CCN(CC(=O)O)C(=O)C(N)C(C)(C)C. The number of rotatable bonds is 4. The molecule has 0 rings (SSSR count). The van der Waals surface area contributed by atoms with E-state index in [1.165, 1.54) is 0 Å². The third-order valence-corrected chi connectivity index (χ3v) is 2.12. The lowest BCUT2D eigenvalue weighted by Gasteiger charge is -2.30. The number of nitrogens with two attached hydrogens (primary N) is 1. The summed E-state index contributed by atoms with van der Waals surface area (Å²) in [5, 5.41) is 8.64. The van der Waals surface area contributed by atoms with Crippen LogP contribution in [0.5, 0.6) is 0 Å². The average molecular weight is 226 g/mol. The Labute approximate surface area is 95.6 Å². The van der Waals surface area contributed by atoms with Crippen molar-refractivity contribution in [1.82, 2.24) is 4.90 Å². The molecule has 0 aliphatic heterocycles. The summed E-state index contributed by atoms with van der Waals surface area (Å²) in [7, 11) is 0. The molecule has 0 heterocycles. The Morgan fingerprint density at radius 2 is 2.00 bits per heavy atom. The minimum absolute atomic E-state index is 0.0467. The van der Waals surface area contributed by atoms with Crippen LogP contribution in [0.15, 0.2) is 0 Å². The van der Waals surface area contributed by atoms with Crippen LogP contribution in [0.3, 0.4) is 0 Å². The average Bonchev–Trinajstić information content (AvgIpc) is 2.12. The Morgan fingerprint density at radius 3 is 2.31 bits per heavy atom. The van der Waals surface area contributed by atoms with Gasteiger partial charge in [0.05, 0.1) is 12.6 Å². The highest BCUT2D eigenvalue weighted by Gasteiger charge is 2.31. The predicted octanol–water partition coefficient (Wildman–Crippen LogP) is -0.0938. The second kappa shape index (κ2) is 5.52. The number of carboxylic acid groups (broad SMARTS) is 1. The zero-order valence-electron chi connectivity index (χ0n) is 9.86. The van der Waals surface area contributed by atoms with E-state index in [0.29, 0.717) is 0 Å². The summed E-state index contributed by atoms with van der Waals surface area (Å²) in [4.78, 5) is 23.5. The fraction of sp³-hybridized carbons (Fsp3) is 0.636. The lowest BCUT2D eigenvalue weighted by Crippen LogP contribution is -2.51. The van der Waals surface area contributed by atoms with Crippen molar-refractivity contribution in [2.75, 3.05) is 13.1 Å². The number of nitrogens with zero attached hydrogens (tertiary/aromatic N) is 1. The lowest BCUT2D eigenvalue weighted by atomic mass is 9.86. The number of carboxylic acids is 1. The van der Waals surface area contributed by atoms with E-state index in [-0.39, 0.29) is 6.54 Å². The zero-order chi connectivity index (χ0) is 12.9. The van der Waals surface area contributed by atoms with Crippen LogP contribution in [-0.4, -0.2) is 41.0 Å². The van der Waals surface area contributed by atoms with Gasteiger partial charge in [-0.2, -0.15) is 0 Å². The zero-order valence-corrected chi connectivity index (χ0v) is 9.86. The van der Waals surface area contributed by atoms with Crippen LogP contribution < -0.4 is 5.73 Å². The molecule has 0 fully saturated rings. The summed E-state index contributed by atoms with van der Waals surface area (Å²) in [6, 6.07) is -0.764. The molecular weight excluding hydrogens is 208 g/mol. The van der Waals surface area contributed by atoms with Gasteiger partial charge in [0.2, 0.25) is 5.91 Å². The van der Waals surface area contributed by atoms with Gasteiger partial charge in [-0.05, 0) is 5.41 Å². The first-order chi connectivity index (χ1) is 7.20. The van der Waals surface area contributed by atoms with Gasteiger partial charge in [-0.25, -0.2) is 0 Å². The van der Waals surface area contributed by atoms with Gasteiger partial charge in [-0.1, -0.05) is 26.7 Å². The highest BCUT2D eigenvalue weighted by atomic mass is 16.4. The van der Waals surface area contributed by atoms with Crippen molar-refractivity contribution in [2.45, 2.75) is 26.8 Å². The van der Waals surface area contributed by atoms with Crippen molar-refractivity contribution in [3.63, 3.8) is 0 Å². The van der Waals surface area contributed by atoms with Crippen molar-refractivity contribution in [3.8, 4) is 12.3 Å². The fourth-order valence-electron chi connectivity index (χ4n) is 1.05. The van der Waals surface area contributed by atoms with Gasteiger partial charge in [-0.3, -0.25) is 9.59 Å². The van der Waals surface area contributed by atoms with E-state index in [1.54, 1.807) is 0 Å². The maximum atomic E-state index is 11.9. The Hall–Kier alpha value is -1.54. The fourth-order valence-corrected chi connectivity index (χ4v) is 1.05. The molecule has 90 valence electrons. The molecule has 0 saturated heterocycles. The molecule has 0 aromatic carbocycles. The molecule has 0 aromatic rings. The number of amides is 1. The molecule has 0 aliphatic carbocycles. The normalized spacial score (nSPS) is 12.7. The van der Waals surface area contributed by atoms with E-state index in [9.17, 15) is 9.59 Å². The van der Waals surface area contributed by atoms with Gasteiger partial charge in [0, 0.05) is 0 Å². The van der Waals surface area contributed by atoms with Gasteiger partial charge >= 0.3 is 5.97 Å². The topological polar surface area (TPSA) is 83.6 Å². The molecule has 1 atom stereocenters. The Balaban J connectivity index is 4.75. The molecule has 0 aromatic heterocycles. The summed E-state index contributed by atoms with van der Waals surface area (Å²) in [6.45, 7) is 4.96. The Morgan fingerprint density at radius 1 is 1.50 bits per heavy atom. The Kier molecular flexibility index (Phi) is 4.99. The maximum absolute atomic E-state index is 11.9. The van der Waals surface area contributed by atoms with E-state index in [0.717, 1.165) is 4.90 Å². The van der Waals surface area contributed by atoms with Gasteiger partial charge in [0.1, 0.15) is 6.54 Å². The van der Waals surface area contributed by atoms with Crippen molar-refractivity contribution < 1.29 is 14.7 Å². The second-order valence-corrected chi connectivity index (χ2v) is 4.64. The molecular formula is C11H18N2O3. The quantitative estimate of drug-likeness (QED) is 0.656. The van der Waals surface area contributed by atoms with Gasteiger partial charge < -0.3 is 15.7 Å². The minimum atomic E-state index is -1.11. The highest BCUT2D eigenvalue weighted by molar-refractivity contribution is 5.86. The number of carbonyl (C=O) groups is 2. The molecule has 16 heavy (non-hydrogen) atoms. The van der Waals surface area contributed by atoms with Crippen molar-refractivity contribution in [3.05, 3.63) is 0 Å². The van der Waals surface area contributed by atoms with Crippen LogP contribution in [0.25, 0.3) is 0 Å². The molecule has 0 spiro atoms. The summed E-state index contributed by atoms with van der Waals surface area (Å²) in [6.07, 6.45) is 5.07. The number of hydrogen-bond donors (Lipinski definition) is 2. The van der Waals surface area contributed by atoms with E-state index < -0.39 is 29.9 Å². The van der Waals surface area contributed by atoms with Gasteiger partial charge in [0.25, 0.3) is 0 Å². The lowest BCUT2D eigenvalue weighted by molar-refractivity contribution is -0.145. The number of terminal acetylenes is 1. The first-order valence-electron chi connectivity index (χ1n) is 4.89. The van der Waals surface area contributed by atoms with E-state index in [2.05, 4.69) is 5.92 Å². The van der Waals surface area contributed by atoms with Crippen LogP contribution in [-0.2, 0) is 9.59 Å². The van der Waals surface area contributed by atoms with Crippen LogP contribution >= 0.6 is 0 Å². The third-order valence-electron chi connectivity index (χ3n) is 2.12. The molecule has 1 amide bonds. The molecule has 5 nitrogen and oxygen atoms in total. The van der Waals surface area contributed by atoms with Crippen molar-refractivity contribution in [2.24, 2.45) is 11.1 Å². The minimum Gasteiger partial charge on any atom is -0.480 e. The van der Waals surface area contributed by atoms with Crippen molar-refractivity contribution in [1.29, 1.82) is 0 Å². The molecule has 5 heteroatoms. The molecule has 3 N–H and O–H groups in total. The molecule has 0 bridgehead atoms. The van der Waals surface area contributed by atoms with Gasteiger partial charge in [-0.15, -0.1) is 6.42 Å². The largest absolute Gasteiger partial charge is 0.480 e. The maximum Gasteiger partial charge on any atom is 0.323 e. The molecule has 0 aliphatic rings. The molecule has 1 unspecified atom stereocenters. The van der Waals surface area contributed by atoms with E-state index >= 15 is 0 Å². The number of carbonyl (C=O) groups excluding carboxylic acids is 1. The van der Waals surface area contributed by atoms with Crippen LogP contribution in [0.2, 0.25) is 0 Å². The predicted molar refractivity (Wildman–Crippen MR) is 60.5 cm³/mol. The summed E-state index contributed by atoms with van der Waals surface area (Å²) < 4.78 is 0. The summed E-state index contributed by atoms with van der Waals surface area (Å²) in [5.74, 6) is 0.703. The molecule has 0 radical (unpaired) electrons. The van der Waals surface area contributed by atoms with Crippen LogP contribution in [0.1, 0.15) is 20.8 Å². The second-order valence-electron chi connectivity index (χ2n) is 4.64.